The number of amides is 2. The van der Waals surface area contributed by atoms with Crippen LogP contribution in [0.15, 0.2) is 42.5 Å². The number of sulfonamides is 1. The van der Waals surface area contributed by atoms with Crippen LogP contribution in [0.2, 0.25) is 10.0 Å². The Kier molecular flexibility index (Phi) is 9.62. The standard InChI is InChI=1S/C25H33Cl2N3O4S/c1-7-22(24(32)28-25(3,4)5)29(15-18-10-8-9-17(2)13-18)23(31)16-30(35(6,33)34)19-11-12-20(26)21(27)14-19/h8-14,22H,7,15-16H2,1-6H3,(H,28,32)/t22-/m0/s1. The number of halogens is 2. The lowest BCUT2D eigenvalue weighted by Crippen LogP contribution is -2.55. The second kappa shape index (κ2) is 11.6. The van der Waals surface area contributed by atoms with E-state index >= 15 is 0 Å². The molecule has 0 radical (unpaired) electrons. The van der Waals surface area contributed by atoms with Crippen LogP contribution in [0.3, 0.4) is 0 Å². The summed E-state index contributed by atoms with van der Waals surface area (Å²) in [5.74, 6) is -0.819. The lowest BCUT2D eigenvalue weighted by atomic mass is 10.0. The Morgan fingerprint density at radius 3 is 2.23 bits per heavy atom. The fourth-order valence-corrected chi connectivity index (χ4v) is 4.77. The molecular formula is C25H33Cl2N3O4S. The van der Waals surface area contributed by atoms with Gasteiger partial charge in [0.25, 0.3) is 0 Å². The molecule has 0 aliphatic rings. The highest BCUT2D eigenvalue weighted by atomic mass is 35.5. The first-order valence-corrected chi connectivity index (χ1v) is 13.8. The molecule has 35 heavy (non-hydrogen) atoms. The first kappa shape index (κ1) is 28.9. The fraction of sp³-hybridized carbons (Fsp3) is 0.440. The van der Waals surface area contributed by atoms with Gasteiger partial charge < -0.3 is 10.2 Å². The lowest BCUT2D eigenvalue weighted by molar-refractivity contribution is -0.141. The van der Waals surface area contributed by atoms with E-state index in [4.69, 9.17) is 23.2 Å². The number of aryl methyl sites for hydroxylation is 1. The van der Waals surface area contributed by atoms with E-state index in [1.165, 1.54) is 23.1 Å². The van der Waals surface area contributed by atoms with Gasteiger partial charge in [0.2, 0.25) is 21.8 Å². The zero-order chi connectivity index (χ0) is 26.6. The molecule has 2 aromatic rings. The zero-order valence-corrected chi connectivity index (χ0v) is 23.3. The van der Waals surface area contributed by atoms with Crippen LogP contribution in [0.5, 0.6) is 0 Å². The molecule has 2 aromatic carbocycles. The van der Waals surface area contributed by atoms with Crippen molar-refractivity contribution in [2.75, 3.05) is 17.1 Å². The topological polar surface area (TPSA) is 86.8 Å². The summed E-state index contributed by atoms with van der Waals surface area (Å²) in [5, 5.41) is 3.36. The van der Waals surface area contributed by atoms with Crippen LogP contribution >= 0.6 is 23.2 Å². The minimum absolute atomic E-state index is 0.148. The summed E-state index contributed by atoms with van der Waals surface area (Å²) in [6, 6.07) is 11.2. The van der Waals surface area contributed by atoms with Crippen molar-refractivity contribution in [1.82, 2.24) is 10.2 Å². The number of rotatable bonds is 9. The maximum atomic E-state index is 13.7. The number of carbonyl (C=O) groups excluding carboxylic acids is 2. The molecule has 0 spiro atoms. The summed E-state index contributed by atoms with van der Waals surface area (Å²) in [5.41, 5.74) is 1.55. The molecule has 0 aliphatic heterocycles. The summed E-state index contributed by atoms with van der Waals surface area (Å²) in [7, 11) is -3.85. The van der Waals surface area contributed by atoms with Crippen LogP contribution in [-0.4, -0.2) is 49.5 Å². The normalized spacial score (nSPS) is 12.7. The third-order valence-corrected chi connectivity index (χ3v) is 7.07. The first-order chi connectivity index (χ1) is 16.1. The quantitative estimate of drug-likeness (QED) is 0.494. The zero-order valence-electron chi connectivity index (χ0n) is 20.9. The third-order valence-electron chi connectivity index (χ3n) is 5.19. The SMILES string of the molecule is CC[C@@H](C(=O)NC(C)(C)C)N(Cc1cccc(C)c1)C(=O)CN(c1ccc(Cl)c(Cl)c1)S(C)(=O)=O. The van der Waals surface area contributed by atoms with E-state index in [-0.39, 0.29) is 28.2 Å². The fourth-order valence-electron chi connectivity index (χ4n) is 3.63. The maximum Gasteiger partial charge on any atom is 0.244 e. The van der Waals surface area contributed by atoms with Crippen LogP contribution < -0.4 is 9.62 Å². The third kappa shape index (κ3) is 8.40. The number of benzene rings is 2. The monoisotopic (exact) mass is 541 g/mol. The molecule has 0 heterocycles. The van der Waals surface area contributed by atoms with Gasteiger partial charge in [0.1, 0.15) is 12.6 Å². The van der Waals surface area contributed by atoms with Gasteiger partial charge in [-0.15, -0.1) is 0 Å². The highest BCUT2D eigenvalue weighted by Gasteiger charge is 2.33. The van der Waals surface area contributed by atoms with E-state index < -0.39 is 34.1 Å². The van der Waals surface area contributed by atoms with Gasteiger partial charge in [0.15, 0.2) is 0 Å². The van der Waals surface area contributed by atoms with Crippen molar-refractivity contribution in [2.45, 2.75) is 59.2 Å². The van der Waals surface area contributed by atoms with Gasteiger partial charge in [-0.1, -0.05) is 60.0 Å². The molecule has 0 saturated heterocycles. The molecule has 192 valence electrons. The number of anilines is 1. The Morgan fingerprint density at radius 2 is 1.71 bits per heavy atom. The van der Waals surface area contributed by atoms with Crippen molar-refractivity contribution >= 4 is 50.7 Å². The van der Waals surface area contributed by atoms with E-state index in [1.807, 2.05) is 58.9 Å². The largest absolute Gasteiger partial charge is 0.350 e. The van der Waals surface area contributed by atoms with E-state index in [1.54, 1.807) is 0 Å². The predicted molar refractivity (Wildman–Crippen MR) is 142 cm³/mol. The van der Waals surface area contributed by atoms with Crippen molar-refractivity contribution < 1.29 is 18.0 Å². The molecule has 7 nitrogen and oxygen atoms in total. The van der Waals surface area contributed by atoms with Gasteiger partial charge >= 0.3 is 0 Å². The molecule has 2 rings (SSSR count). The number of hydrogen-bond acceptors (Lipinski definition) is 4. The molecule has 10 heteroatoms. The second-order valence-electron chi connectivity index (χ2n) is 9.54. The predicted octanol–water partition coefficient (Wildman–Crippen LogP) is 4.79. The first-order valence-electron chi connectivity index (χ1n) is 11.2. The number of nitrogens with zero attached hydrogens (tertiary/aromatic N) is 2. The van der Waals surface area contributed by atoms with E-state index in [9.17, 15) is 18.0 Å². The van der Waals surface area contributed by atoms with Gasteiger partial charge in [-0.3, -0.25) is 13.9 Å². The van der Waals surface area contributed by atoms with Gasteiger partial charge in [-0.2, -0.15) is 0 Å². The van der Waals surface area contributed by atoms with Crippen molar-refractivity contribution in [1.29, 1.82) is 0 Å². The summed E-state index contributed by atoms with van der Waals surface area (Å²) < 4.78 is 26.3. The Labute approximate surface area is 218 Å². The molecule has 0 bridgehead atoms. The lowest BCUT2D eigenvalue weighted by Gasteiger charge is -2.34. The maximum absolute atomic E-state index is 13.7. The summed E-state index contributed by atoms with van der Waals surface area (Å²) in [6.07, 6.45) is 1.36. The van der Waals surface area contributed by atoms with Crippen molar-refractivity contribution in [3.05, 3.63) is 63.6 Å². The Bertz CT molecular complexity index is 1180. The number of carbonyl (C=O) groups is 2. The molecule has 0 fully saturated rings. The summed E-state index contributed by atoms with van der Waals surface area (Å²) in [4.78, 5) is 28.3. The molecule has 0 unspecified atom stereocenters. The summed E-state index contributed by atoms with van der Waals surface area (Å²) >= 11 is 12.1. The minimum atomic E-state index is -3.85. The Morgan fingerprint density at radius 1 is 1.06 bits per heavy atom. The molecule has 2 amide bonds. The molecule has 1 N–H and O–H groups in total. The van der Waals surface area contributed by atoms with Crippen molar-refractivity contribution in [2.24, 2.45) is 0 Å². The smallest absolute Gasteiger partial charge is 0.244 e. The minimum Gasteiger partial charge on any atom is -0.350 e. The molecule has 1 atom stereocenters. The van der Waals surface area contributed by atoms with Crippen LogP contribution in [0, 0.1) is 6.92 Å². The molecule has 0 aliphatic carbocycles. The average molecular weight is 543 g/mol. The van der Waals surface area contributed by atoms with Gasteiger partial charge in [-0.25, -0.2) is 8.42 Å². The molecule has 0 saturated carbocycles. The number of nitrogens with one attached hydrogen (secondary N) is 1. The Hall–Kier alpha value is -2.29. The van der Waals surface area contributed by atoms with Crippen LogP contribution in [0.1, 0.15) is 45.2 Å². The molecular weight excluding hydrogens is 509 g/mol. The van der Waals surface area contributed by atoms with Gasteiger partial charge in [0.05, 0.1) is 22.0 Å². The second-order valence-corrected chi connectivity index (χ2v) is 12.3. The van der Waals surface area contributed by atoms with Gasteiger partial charge in [0, 0.05) is 12.1 Å². The average Bonchev–Trinajstić information content (AvgIpc) is 2.71. The highest BCUT2D eigenvalue weighted by molar-refractivity contribution is 7.92. The van der Waals surface area contributed by atoms with E-state index in [0.29, 0.717) is 6.42 Å². The highest BCUT2D eigenvalue weighted by Crippen LogP contribution is 2.28. The summed E-state index contributed by atoms with van der Waals surface area (Å²) in [6.45, 7) is 8.99. The number of hydrogen-bond donors (Lipinski definition) is 1. The van der Waals surface area contributed by atoms with Crippen molar-refractivity contribution in [3.63, 3.8) is 0 Å². The van der Waals surface area contributed by atoms with Crippen molar-refractivity contribution in [3.8, 4) is 0 Å². The molecule has 0 aromatic heterocycles. The van der Waals surface area contributed by atoms with Crippen LogP contribution in [0.4, 0.5) is 5.69 Å². The van der Waals surface area contributed by atoms with Crippen LogP contribution in [0.25, 0.3) is 0 Å². The Balaban J connectivity index is 2.48. The van der Waals surface area contributed by atoms with E-state index in [2.05, 4.69) is 5.32 Å². The van der Waals surface area contributed by atoms with Crippen LogP contribution in [-0.2, 0) is 26.2 Å². The van der Waals surface area contributed by atoms with Gasteiger partial charge in [-0.05, 0) is 57.9 Å². The van der Waals surface area contributed by atoms with E-state index in [0.717, 1.165) is 21.7 Å².